The van der Waals surface area contributed by atoms with Crippen LogP contribution in [0.15, 0.2) is 53.9 Å². The van der Waals surface area contributed by atoms with Gasteiger partial charge in [-0.05, 0) is 50.1 Å². The van der Waals surface area contributed by atoms with E-state index in [1.165, 1.54) is 0 Å². The summed E-state index contributed by atoms with van der Waals surface area (Å²) in [5.74, 6) is 1.53. The Morgan fingerprint density at radius 3 is 2.97 bits per heavy atom. The Hall–Kier alpha value is -3.19. The van der Waals surface area contributed by atoms with Gasteiger partial charge in [0.2, 0.25) is 0 Å². The van der Waals surface area contributed by atoms with Gasteiger partial charge in [0.15, 0.2) is 0 Å². The molecule has 152 valence electrons. The minimum absolute atomic E-state index is 0.00732. The van der Waals surface area contributed by atoms with Crippen molar-refractivity contribution in [1.82, 2.24) is 19.9 Å². The van der Waals surface area contributed by atoms with E-state index in [1.807, 2.05) is 65.7 Å². The molecule has 0 spiro atoms. The third-order valence-electron chi connectivity index (χ3n) is 5.37. The second-order valence-corrected chi connectivity index (χ2v) is 8.53. The van der Waals surface area contributed by atoms with Crippen LogP contribution >= 0.6 is 11.3 Å². The summed E-state index contributed by atoms with van der Waals surface area (Å²) in [4.78, 5) is 27.7. The molecule has 1 fully saturated rings. The Balaban J connectivity index is 1.34. The normalized spacial score (nSPS) is 16.3. The van der Waals surface area contributed by atoms with Gasteiger partial charge in [0, 0.05) is 17.5 Å². The van der Waals surface area contributed by atoms with Crippen molar-refractivity contribution in [1.29, 1.82) is 0 Å². The van der Waals surface area contributed by atoms with E-state index in [-0.39, 0.29) is 11.9 Å². The molecule has 1 saturated heterocycles. The van der Waals surface area contributed by atoms with Crippen molar-refractivity contribution in [2.75, 3.05) is 6.54 Å². The van der Waals surface area contributed by atoms with E-state index in [1.54, 1.807) is 11.3 Å². The molecule has 2 aromatic carbocycles. The summed E-state index contributed by atoms with van der Waals surface area (Å²) < 4.78 is 5.87. The van der Waals surface area contributed by atoms with Crippen LogP contribution in [0.4, 0.5) is 0 Å². The highest BCUT2D eigenvalue weighted by Gasteiger charge is 2.32. The molecule has 1 atom stereocenters. The fourth-order valence-corrected chi connectivity index (χ4v) is 4.54. The highest BCUT2D eigenvalue weighted by atomic mass is 32.1. The molecule has 0 bridgehead atoms. The lowest BCUT2D eigenvalue weighted by atomic mass is 10.1. The number of hydrogen-bond donors (Lipinski definition) is 1. The predicted molar refractivity (Wildman–Crippen MR) is 117 cm³/mol. The predicted octanol–water partition coefficient (Wildman–Crippen LogP) is 4.88. The van der Waals surface area contributed by atoms with E-state index in [9.17, 15) is 4.79 Å². The smallest absolute Gasteiger partial charge is 0.254 e. The summed E-state index contributed by atoms with van der Waals surface area (Å²) in [6.45, 7) is 3.10. The number of thiazole rings is 1. The minimum Gasteiger partial charge on any atom is -0.487 e. The number of imidazole rings is 1. The van der Waals surface area contributed by atoms with Gasteiger partial charge in [0.1, 0.15) is 18.2 Å². The fourth-order valence-electron chi connectivity index (χ4n) is 3.94. The van der Waals surface area contributed by atoms with Crippen molar-refractivity contribution in [3.05, 3.63) is 76.0 Å². The first-order chi connectivity index (χ1) is 14.7. The van der Waals surface area contributed by atoms with Crippen molar-refractivity contribution < 1.29 is 9.53 Å². The molecule has 3 heterocycles. The first kappa shape index (κ1) is 18.8. The molecule has 0 aliphatic carbocycles. The van der Waals surface area contributed by atoms with Gasteiger partial charge in [-0.2, -0.15) is 0 Å². The largest absolute Gasteiger partial charge is 0.487 e. The van der Waals surface area contributed by atoms with Crippen LogP contribution < -0.4 is 4.74 Å². The monoisotopic (exact) mass is 418 g/mol. The SMILES string of the molecule is Cc1nc(COc2cccc(C(=O)N3CCC[C@H]3c3nc4ccccc4[nH]3)c2)cs1. The Morgan fingerprint density at radius 1 is 1.23 bits per heavy atom. The Morgan fingerprint density at radius 2 is 2.13 bits per heavy atom. The van der Waals surface area contributed by atoms with Gasteiger partial charge >= 0.3 is 0 Å². The number of aryl methyl sites for hydroxylation is 1. The third-order valence-corrected chi connectivity index (χ3v) is 6.19. The molecule has 5 rings (SSSR count). The van der Waals surface area contributed by atoms with Gasteiger partial charge in [-0.15, -0.1) is 11.3 Å². The molecule has 0 unspecified atom stereocenters. The number of aromatic amines is 1. The lowest BCUT2D eigenvalue weighted by Crippen LogP contribution is -2.31. The zero-order chi connectivity index (χ0) is 20.5. The zero-order valence-electron chi connectivity index (χ0n) is 16.7. The summed E-state index contributed by atoms with van der Waals surface area (Å²) in [6, 6.07) is 15.3. The molecule has 2 aromatic heterocycles. The van der Waals surface area contributed by atoms with Crippen LogP contribution in [0, 0.1) is 6.92 Å². The number of ether oxygens (including phenoxy) is 1. The van der Waals surface area contributed by atoms with Gasteiger partial charge in [0.05, 0.1) is 27.8 Å². The summed E-state index contributed by atoms with van der Waals surface area (Å²) in [6.07, 6.45) is 1.87. The van der Waals surface area contributed by atoms with E-state index in [0.29, 0.717) is 17.9 Å². The number of para-hydroxylation sites is 2. The number of likely N-dealkylation sites (tertiary alicyclic amines) is 1. The van der Waals surface area contributed by atoms with Crippen LogP contribution in [0.3, 0.4) is 0 Å². The third kappa shape index (κ3) is 3.68. The number of rotatable bonds is 5. The number of carbonyl (C=O) groups is 1. The quantitative estimate of drug-likeness (QED) is 0.501. The fraction of sp³-hybridized carbons (Fsp3) is 0.261. The molecule has 0 saturated carbocycles. The summed E-state index contributed by atoms with van der Waals surface area (Å²) in [5.41, 5.74) is 3.46. The van der Waals surface area contributed by atoms with E-state index in [2.05, 4.69) is 9.97 Å². The van der Waals surface area contributed by atoms with Crippen molar-refractivity contribution >= 4 is 28.3 Å². The summed E-state index contributed by atoms with van der Waals surface area (Å²) >= 11 is 1.60. The number of nitrogens with zero attached hydrogens (tertiary/aromatic N) is 3. The lowest BCUT2D eigenvalue weighted by Gasteiger charge is -2.23. The molecule has 1 aliphatic heterocycles. The van der Waals surface area contributed by atoms with Crippen molar-refractivity contribution in [2.45, 2.75) is 32.4 Å². The second-order valence-electron chi connectivity index (χ2n) is 7.47. The standard InChI is InChI=1S/C23H22N4O2S/c1-15-24-17(14-30-15)13-29-18-7-4-6-16(12-18)23(28)27-11-5-10-21(27)22-25-19-8-2-3-9-20(19)26-22/h2-4,6-9,12,14,21H,5,10-11,13H2,1H3,(H,25,26)/t21-/m0/s1. The van der Waals surface area contributed by atoms with E-state index in [4.69, 9.17) is 9.72 Å². The molecule has 30 heavy (non-hydrogen) atoms. The maximum atomic E-state index is 13.3. The molecule has 6 nitrogen and oxygen atoms in total. The first-order valence-corrected chi connectivity index (χ1v) is 10.9. The molecular formula is C23H22N4O2S. The van der Waals surface area contributed by atoms with E-state index < -0.39 is 0 Å². The molecule has 7 heteroatoms. The van der Waals surface area contributed by atoms with Crippen LogP contribution in [0.25, 0.3) is 11.0 Å². The van der Waals surface area contributed by atoms with Gasteiger partial charge in [-0.25, -0.2) is 9.97 Å². The molecular weight excluding hydrogens is 396 g/mol. The maximum Gasteiger partial charge on any atom is 0.254 e. The number of nitrogens with one attached hydrogen (secondary N) is 1. The average molecular weight is 419 g/mol. The molecule has 1 aliphatic rings. The minimum atomic E-state index is -0.0348. The van der Waals surface area contributed by atoms with Crippen molar-refractivity contribution in [3.63, 3.8) is 0 Å². The van der Waals surface area contributed by atoms with E-state index >= 15 is 0 Å². The molecule has 1 N–H and O–H groups in total. The average Bonchev–Trinajstić information content (AvgIpc) is 3.50. The summed E-state index contributed by atoms with van der Waals surface area (Å²) in [7, 11) is 0. The summed E-state index contributed by atoms with van der Waals surface area (Å²) in [5, 5.41) is 3.01. The Bertz CT molecular complexity index is 1170. The number of hydrogen-bond acceptors (Lipinski definition) is 5. The highest BCUT2D eigenvalue weighted by molar-refractivity contribution is 7.09. The molecule has 4 aromatic rings. The van der Waals surface area contributed by atoms with Crippen LogP contribution in [-0.2, 0) is 6.61 Å². The van der Waals surface area contributed by atoms with Crippen LogP contribution in [-0.4, -0.2) is 32.3 Å². The highest BCUT2D eigenvalue weighted by Crippen LogP contribution is 2.33. The Labute approximate surface area is 178 Å². The number of aromatic nitrogens is 3. The topological polar surface area (TPSA) is 71.1 Å². The van der Waals surface area contributed by atoms with Gasteiger partial charge in [-0.1, -0.05) is 18.2 Å². The van der Waals surface area contributed by atoms with Gasteiger partial charge < -0.3 is 14.6 Å². The lowest BCUT2D eigenvalue weighted by molar-refractivity contribution is 0.0730. The van der Waals surface area contributed by atoms with Crippen molar-refractivity contribution in [3.8, 4) is 5.75 Å². The Kier molecular flexibility index (Phi) is 4.96. The number of H-pyrrole nitrogens is 1. The van der Waals surface area contributed by atoms with Crippen molar-refractivity contribution in [2.24, 2.45) is 0 Å². The van der Waals surface area contributed by atoms with Gasteiger partial charge in [0.25, 0.3) is 5.91 Å². The van der Waals surface area contributed by atoms with Crippen LogP contribution in [0.5, 0.6) is 5.75 Å². The number of benzene rings is 2. The molecule has 0 radical (unpaired) electrons. The van der Waals surface area contributed by atoms with Crippen LogP contribution in [0.2, 0.25) is 0 Å². The second kappa shape index (κ2) is 7.91. The number of fused-ring (bicyclic) bond motifs is 1. The number of carbonyl (C=O) groups excluding carboxylic acids is 1. The number of amides is 1. The van der Waals surface area contributed by atoms with Gasteiger partial charge in [-0.3, -0.25) is 4.79 Å². The van der Waals surface area contributed by atoms with E-state index in [0.717, 1.165) is 46.9 Å². The maximum absolute atomic E-state index is 13.3. The van der Waals surface area contributed by atoms with Crippen LogP contribution in [0.1, 0.15) is 45.8 Å². The molecule has 1 amide bonds. The zero-order valence-corrected chi connectivity index (χ0v) is 17.5. The first-order valence-electron chi connectivity index (χ1n) is 10.1.